The van der Waals surface area contributed by atoms with Crippen LogP contribution in [0.1, 0.15) is 56.0 Å². The number of nitrogens with zero attached hydrogens (tertiary/aromatic N) is 2. The van der Waals surface area contributed by atoms with E-state index in [9.17, 15) is 5.11 Å². The van der Waals surface area contributed by atoms with E-state index >= 15 is 0 Å². The standard InChI is InChI=1S/C15H24N2O2/c1-11(18)9-12-5-4-8-17(12)10-14-13-6-2-3-7-15(13)19-16-14/h11-12,18H,2-10H2,1H3. The van der Waals surface area contributed by atoms with Crippen LogP contribution >= 0.6 is 0 Å². The van der Waals surface area contributed by atoms with Crippen molar-refractivity contribution in [3.63, 3.8) is 0 Å². The first-order chi connectivity index (χ1) is 9.24. The molecule has 0 bridgehead atoms. The van der Waals surface area contributed by atoms with Gasteiger partial charge in [0.05, 0.1) is 6.10 Å². The van der Waals surface area contributed by atoms with Crippen LogP contribution in [0.15, 0.2) is 4.52 Å². The summed E-state index contributed by atoms with van der Waals surface area (Å²) in [7, 11) is 0. The zero-order valence-electron chi connectivity index (χ0n) is 11.8. The van der Waals surface area contributed by atoms with Gasteiger partial charge in [-0.2, -0.15) is 0 Å². The molecule has 1 aliphatic heterocycles. The second-order valence-electron chi connectivity index (χ2n) is 6.09. The molecule has 2 heterocycles. The van der Waals surface area contributed by atoms with Crippen molar-refractivity contribution in [1.82, 2.24) is 10.1 Å². The van der Waals surface area contributed by atoms with E-state index in [1.54, 1.807) is 0 Å². The van der Waals surface area contributed by atoms with Gasteiger partial charge in [-0.1, -0.05) is 5.16 Å². The van der Waals surface area contributed by atoms with E-state index in [-0.39, 0.29) is 6.10 Å². The van der Waals surface area contributed by atoms with Crippen LogP contribution < -0.4 is 0 Å². The molecule has 1 saturated heterocycles. The van der Waals surface area contributed by atoms with Crippen LogP contribution in [0.2, 0.25) is 0 Å². The summed E-state index contributed by atoms with van der Waals surface area (Å²) < 4.78 is 5.49. The first-order valence-electron chi connectivity index (χ1n) is 7.62. The Morgan fingerprint density at radius 3 is 3.05 bits per heavy atom. The highest BCUT2D eigenvalue weighted by molar-refractivity contribution is 5.25. The number of aryl methyl sites for hydroxylation is 1. The first-order valence-corrected chi connectivity index (χ1v) is 7.62. The second kappa shape index (κ2) is 5.63. The quantitative estimate of drug-likeness (QED) is 0.906. The second-order valence-corrected chi connectivity index (χ2v) is 6.09. The molecule has 1 aromatic heterocycles. The lowest BCUT2D eigenvalue weighted by molar-refractivity contribution is 0.129. The number of hydrogen-bond acceptors (Lipinski definition) is 4. The van der Waals surface area contributed by atoms with E-state index in [2.05, 4.69) is 10.1 Å². The summed E-state index contributed by atoms with van der Waals surface area (Å²) in [6.07, 6.45) is 7.77. The molecule has 4 heteroatoms. The van der Waals surface area contributed by atoms with Gasteiger partial charge in [0.2, 0.25) is 0 Å². The maximum atomic E-state index is 9.59. The highest BCUT2D eigenvalue weighted by Crippen LogP contribution is 2.28. The molecule has 2 aliphatic rings. The molecule has 0 saturated carbocycles. The van der Waals surface area contributed by atoms with E-state index in [4.69, 9.17) is 4.52 Å². The fourth-order valence-corrected chi connectivity index (χ4v) is 3.53. The maximum absolute atomic E-state index is 9.59. The molecule has 1 N–H and O–H groups in total. The molecule has 1 fully saturated rings. The van der Waals surface area contributed by atoms with Crippen molar-refractivity contribution < 1.29 is 9.63 Å². The van der Waals surface area contributed by atoms with Gasteiger partial charge in [0.15, 0.2) is 0 Å². The van der Waals surface area contributed by atoms with E-state index in [1.165, 1.54) is 31.2 Å². The molecule has 3 rings (SSSR count). The van der Waals surface area contributed by atoms with Crippen LogP contribution in [0.5, 0.6) is 0 Å². The normalized spacial score (nSPS) is 25.5. The molecular formula is C15H24N2O2. The third-order valence-corrected chi connectivity index (χ3v) is 4.50. The van der Waals surface area contributed by atoms with Crippen molar-refractivity contribution in [3.8, 4) is 0 Å². The SMILES string of the molecule is CC(O)CC1CCCN1Cc1noc2c1CCCC2. The Kier molecular flexibility index (Phi) is 3.89. The molecule has 1 aromatic rings. The van der Waals surface area contributed by atoms with Crippen LogP contribution in [-0.4, -0.2) is 33.9 Å². The zero-order valence-corrected chi connectivity index (χ0v) is 11.8. The predicted octanol–water partition coefficient (Wildman–Crippen LogP) is 2.29. The number of fused-ring (bicyclic) bond motifs is 1. The van der Waals surface area contributed by atoms with Crippen LogP contribution in [0.25, 0.3) is 0 Å². The molecule has 2 atom stereocenters. The molecule has 106 valence electrons. The number of hydrogen-bond donors (Lipinski definition) is 1. The Bertz CT molecular complexity index is 428. The molecule has 1 aliphatic carbocycles. The van der Waals surface area contributed by atoms with Crippen LogP contribution in [0, 0.1) is 0 Å². The van der Waals surface area contributed by atoms with Crippen molar-refractivity contribution >= 4 is 0 Å². The smallest absolute Gasteiger partial charge is 0.140 e. The summed E-state index contributed by atoms with van der Waals surface area (Å²) in [5.74, 6) is 1.12. The molecule has 19 heavy (non-hydrogen) atoms. The van der Waals surface area contributed by atoms with Gasteiger partial charge in [-0.15, -0.1) is 0 Å². The van der Waals surface area contributed by atoms with E-state index in [0.29, 0.717) is 6.04 Å². The monoisotopic (exact) mass is 264 g/mol. The van der Waals surface area contributed by atoms with Gasteiger partial charge < -0.3 is 9.63 Å². The Labute approximate surface area is 114 Å². The predicted molar refractivity (Wildman–Crippen MR) is 72.9 cm³/mol. The Balaban J connectivity index is 1.69. The average molecular weight is 264 g/mol. The van der Waals surface area contributed by atoms with E-state index < -0.39 is 0 Å². The summed E-state index contributed by atoms with van der Waals surface area (Å²) in [5, 5.41) is 13.9. The average Bonchev–Trinajstić information content (AvgIpc) is 2.98. The Morgan fingerprint density at radius 1 is 1.37 bits per heavy atom. The van der Waals surface area contributed by atoms with Crippen molar-refractivity contribution in [2.45, 2.75) is 70.6 Å². The molecular weight excluding hydrogens is 240 g/mol. The van der Waals surface area contributed by atoms with Gasteiger partial charge in [0, 0.05) is 24.6 Å². The van der Waals surface area contributed by atoms with Crippen LogP contribution in [-0.2, 0) is 19.4 Å². The summed E-state index contributed by atoms with van der Waals surface area (Å²) in [6, 6.07) is 0.510. The van der Waals surface area contributed by atoms with Crippen molar-refractivity contribution in [3.05, 3.63) is 17.0 Å². The largest absolute Gasteiger partial charge is 0.393 e. The van der Waals surface area contributed by atoms with Crippen molar-refractivity contribution in [2.24, 2.45) is 0 Å². The first kappa shape index (κ1) is 13.1. The third-order valence-electron chi connectivity index (χ3n) is 4.50. The minimum Gasteiger partial charge on any atom is -0.393 e. The summed E-state index contributed by atoms with van der Waals surface area (Å²) >= 11 is 0. The lowest BCUT2D eigenvalue weighted by Crippen LogP contribution is -2.32. The van der Waals surface area contributed by atoms with Gasteiger partial charge in [-0.05, 0) is 52.0 Å². The summed E-state index contributed by atoms with van der Waals surface area (Å²) in [5.41, 5.74) is 2.51. The topological polar surface area (TPSA) is 49.5 Å². The van der Waals surface area contributed by atoms with E-state index in [0.717, 1.165) is 43.8 Å². The van der Waals surface area contributed by atoms with Crippen molar-refractivity contribution in [1.29, 1.82) is 0 Å². The fraction of sp³-hybridized carbons (Fsp3) is 0.800. The van der Waals surface area contributed by atoms with Gasteiger partial charge in [-0.25, -0.2) is 0 Å². The maximum Gasteiger partial charge on any atom is 0.140 e. The van der Waals surface area contributed by atoms with Gasteiger partial charge in [0.25, 0.3) is 0 Å². The third kappa shape index (κ3) is 2.84. The van der Waals surface area contributed by atoms with Crippen LogP contribution in [0.3, 0.4) is 0 Å². The van der Waals surface area contributed by atoms with E-state index in [1.807, 2.05) is 6.92 Å². The lowest BCUT2D eigenvalue weighted by Gasteiger charge is -2.25. The molecule has 0 amide bonds. The molecule has 0 aromatic carbocycles. The van der Waals surface area contributed by atoms with Gasteiger partial charge in [0.1, 0.15) is 11.5 Å². The minimum absolute atomic E-state index is 0.211. The minimum atomic E-state index is -0.211. The molecule has 0 radical (unpaired) electrons. The zero-order chi connectivity index (χ0) is 13.2. The molecule has 0 spiro atoms. The number of aliphatic hydroxyl groups excluding tert-OH is 1. The van der Waals surface area contributed by atoms with Gasteiger partial charge in [-0.3, -0.25) is 4.90 Å². The number of rotatable bonds is 4. The van der Waals surface area contributed by atoms with Crippen molar-refractivity contribution in [2.75, 3.05) is 6.54 Å². The summed E-state index contributed by atoms with van der Waals surface area (Å²) in [4.78, 5) is 2.47. The Hall–Kier alpha value is -0.870. The highest BCUT2D eigenvalue weighted by Gasteiger charge is 2.28. The van der Waals surface area contributed by atoms with Gasteiger partial charge >= 0.3 is 0 Å². The molecule has 4 nitrogen and oxygen atoms in total. The molecule has 2 unspecified atom stereocenters. The summed E-state index contributed by atoms with van der Waals surface area (Å²) in [6.45, 7) is 3.91. The number of aliphatic hydroxyl groups is 1. The Morgan fingerprint density at radius 2 is 2.21 bits per heavy atom. The highest BCUT2D eigenvalue weighted by atomic mass is 16.5. The fourth-order valence-electron chi connectivity index (χ4n) is 3.53. The lowest BCUT2D eigenvalue weighted by atomic mass is 9.96. The van der Waals surface area contributed by atoms with Crippen LogP contribution in [0.4, 0.5) is 0 Å². The number of aromatic nitrogens is 1. The number of likely N-dealkylation sites (tertiary alicyclic amines) is 1.